The summed E-state index contributed by atoms with van der Waals surface area (Å²) < 4.78 is 0. The van der Waals surface area contributed by atoms with Crippen molar-refractivity contribution >= 4 is 22.9 Å². The number of thiophene rings is 1. The van der Waals surface area contributed by atoms with Crippen LogP contribution in [0.25, 0.3) is 0 Å². The number of rotatable bonds is 4. The van der Waals surface area contributed by atoms with Gasteiger partial charge in [-0.25, -0.2) is 0 Å². The lowest BCUT2D eigenvalue weighted by atomic mass is 10.2. The van der Waals surface area contributed by atoms with Crippen LogP contribution < -0.4 is 11.1 Å². The van der Waals surface area contributed by atoms with E-state index in [9.17, 15) is 0 Å². The molecule has 0 amide bonds. The molecule has 0 bridgehead atoms. The summed E-state index contributed by atoms with van der Waals surface area (Å²) in [6, 6.07) is 2.64. The highest BCUT2D eigenvalue weighted by molar-refractivity contribution is 7.10. The Bertz CT molecular complexity index is 260. The maximum atomic E-state index is 5.84. The van der Waals surface area contributed by atoms with Crippen molar-refractivity contribution in [1.29, 1.82) is 0 Å². The van der Waals surface area contributed by atoms with Crippen molar-refractivity contribution in [3.05, 3.63) is 21.3 Å². The molecule has 0 saturated carbocycles. The van der Waals surface area contributed by atoms with E-state index in [2.05, 4.69) is 19.2 Å². The van der Waals surface area contributed by atoms with Crippen molar-refractivity contribution < 1.29 is 0 Å². The lowest BCUT2D eigenvalue weighted by molar-refractivity contribution is 0.489. The summed E-state index contributed by atoms with van der Waals surface area (Å²) in [5.41, 5.74) is 5.66. The van der Waals surface area contributed by atoms with Crippen LogP contribution >= 0.6 is 22.9 Å². The zero-order valence-electron chi connectivity index (χ0n) is 7.88. The number of nitrogens with one attached hydrogen (secondary N) is 1. The normalized spacial score (nSPS) is 13.6. The third-order valence-corrected chi connectivity index (χ3v) is 3.10. The molecule has 0 fully saturated rings. The van der Waals surface area contributed by atoms with E-state index in [4.69, 9.17) is 17.3 Å². The third kappa shape index (κ3) is 3.27. The molecule has 1 unspecified atom stereocenters. The lowest BCUT2D eigenvalue weighted by Crippen LogP contribution is -2.32. The number of hydrogen-bond donors (Lipinski definition) is 2. The van der Waals surface area contributed by atoms with Gasteiger partial charge in [0, 0.05) is 22.8 Å². The topological polar surface area (TPSA) is 38.0 Å². The second kappa shape index (κ2) is 4.96. The molecule has 0 aromatic carbocycles. The first-order valence-corrected chi connectivity index (χ1v) is 5.59. The Balaban J connectivity index is 2.66. The second-order valence-electron chi connectivity index (χ2n) is 3.28. The molecule has 1 rings (SSSR count). The average Bonchev–Trinajstić information content (AvgIpc) is 2.47. The minimum atomic E-state index is 0.234. The molecular formula is C9H15ClN2S. The second-order valence-corrected chi connectivity index (χ2v) is 4.66. The first-order chi connectivity index (χ1) is 6.13. The summed E-state index contributed by atoms with van der Waals surface area (Å²) in [6.45, 7) is 4.82. The van der Waals surface area contributed by atoms with E-state index in [1.165, 1.54) is 4.88 Å². The fourth-order valence-corrected chi connectivity index (χ4v) is 2.34. The van der Waals surface area contributed by atoms with E-state index in [1.54, 1.807) is 11.3 Å². The Morgan fingerprint density at radius 3 is 2.69 bits per heavy atom. The van der Waals surface area contributed by atoms with Crippen LogP contribution in [-0.2, 0) is 0 Å². The molecule has 13 heavy (non-hydrogen) atoms. The van der Waals surface area contributed by atoms with E-state index >= 15 is 0 Å². The third-order valence-electron chi connectivity index (χ3n) is 1.70. The Morgan fingerprint density at radius 2 is 2.31 bits per heavy atom. The van der Waals surface area contributed by atoms with Gasteiger partial charge in [-0.15, -0.1) is 11.3 Å². The van der Waals surface area contributed by atoms with E-state index in [0.717, 1.165) is 5.02 Å². The quantitative estimate of drug-likeness (QED) is 0.815. The predicted octanol–water partition coefficient (Wildman–Crippen LogP) is 2.40. The Morgan fingerprint density at radius 1 is 1.62 bits per heavy atom. The highest BCUT2D eigenvalue weighted by Crippen LogP contribution is 2.24. The summed E-state index contributed by atoms with van der Waals surface area (Å²) in [7, 11) is 0. The molecule has 1 atom stereocenters. The van der Waals surface area contributed by atoms with Crippen molar-refractivity contribution in [2.24, 2.45) is 5.73 Å². The number of halogens is 1. The molecule has 74 valence electrons. The van der Waals surface area contributed by atoms with Crippen LogP contribution in [0.15, 0.2) is 11.4 Å². The summed E-state index contributed by atoms with van der Waals surface area (Å²) in [6.07, 6.45) is 0. The van der Waals surface area contributed by atoms with Gasteiger partial charge in [0.1, 0.15) is 0 Å². The van der Waals surface area contributed by atoms with Crippen LogP contribution in [0.4, 0.5) is 0 Å². The van der Waals surface area contributed by atoms with Gasteiger partial charge in [0.25, 0.3) is 0 Å². The van der Waals surface area contributed by atoms with Gasteiger partial charge >= 0.3 is 0 Å². The molecular weight excluding hydrogens is 204 g/mol. The van der Waals surface area contributed by atoms with Gasteiger partial charge in [-0.2, -0.15) is 0 Å². The van der Waals surface area contributed by atoms with Crippen molar-refractivity contribution in [1.82, 2.24) is 5.32 Å². The molecule has 2 nitrogen and oxygen atoms in total. The Hall–Kier alpha value is -0.0900. The van der Waals surface area contributed by atoms with Crippen LogP contribution in [0, 0.1) is 0 Å². The monoisotopic (exact) mass is 218 g/mol. The molecule has 0 saturated heterocycles. The highest BCUT2D eigenvalue weighted by atomic mass is 35.5. The van der Waals surface area contributed by atoms with E-state index in [1.807, 2.05) is 11.4 Å². The fourth-order valence-electron chi connectivity index (χ4n) is 1.18. The molecule has 0 aliphatic carbocycles. The van der Waals surface area contributed by atoms with E-state index < -0.39 is 0 Å². The molecule has 0 radical (unpaired) electrons. The minimum Gasteiger partial charge on any atom is -0.329 e. The molecule has 3 N–H and O–H groups in total. The summed E-state index contributed by atoms with van der Waals surface area (Å²) in [5, 5.41) is 6.11. The van der Waals surface area contributed by atoms with Crippen LogP contribution in [-0.4, -0.2) is 12.6 Å². The van der Waals surface area contributed by atoms with Gasteiger partial charge in [0.2, 0.25) is 0 Å². The van der Waals surface area contributed by atoms with Crippen LogP contribution in [0.2, 0.25) is 5.02 Å². The van der Waals surface area contributed by atoms with Crippen LogP contribution in [0.1, 0.15) is 24.8 Å². The smallest absolute Gasteiger partial charge is 0.0541 e. The van der Waals surface area contributed by atoms with Crippen LogP contribution in [0.5, 0.6) is 0 Å². The Kier molecular flexibility index (Phi) is 4.19. The lowest BCUT2D eigenvalue weighted by Gasteiger charge is -2.17. The van der Waals surface area contributed by atoms with Crippen molar-refractivity contribution in [2.45, 2.75) is 25.9 Å². The summed E-state index contributed by atoms with van der Waals surface area (Å²) in [4.78, 5) is 1.21. The molecule has 1 aromatic rings. The van der Waals surface area contributed by atoms with Gasteiger partial charge < -0.3 is 11.1 Å². The molecule has 1 heterocycles. The molecule has 1 aromatic heterocycles. The van der Waals surface area contributed by atoms with E-state index in [-0.39, 0.29) is 6.04 Å². The summed E-state index contributed by atoms with van der Waals surface area (Å²) in [5.74, 6) is 0. The van der Waals surface area contributed by atoms with Gasteiger partial charge in [0.15, 0.2) is 0 Å². The Labute approximate surface area is 88.1 Å². The van der Waals surface area contributed by atoms with Crippen molar-refractivity contribution in [2.75, 3.05) is 6.54 Å². The van der Waals surface area contributed by atoms with E-state index in [0.29, 0.717) is 12.6 Å². The zero-order valence-corrected chi connectivity index (χ0v) is 9.45. The van der Waals surface area contributed by atoms with Gasteiger partial charge in [-0.3, -0.25) is 0 Å². The largest absolute Gasteiger partial charge is 0.329 e. The predicted molar refractivity (Wildman–Crippen MR) is 59.4 cm³/mol. The molecule has 4 heteroatoms. The molecule has 0 aliphatic rings. The first kappa shape index (κ1) is 11.0. The highest BCUT2D eigenvalue weighted by Gasteiger charge is 2.12. The first-order valence-electron chi connectivity index (χ1n) is 4.33. The standard InChI is InChI=1S/C9H15ClN2S/c1-6(2)12-8(4-11)9-3-7(10)5-13-9/h3,5-6,8,12H,4,11H2,1-2H3. The van der Waals surface area contributed by atoms with Crippen LogP contribution in [0.3, 0.4) is 0 Å². The van der Waals surface area contributed by atoms with Gasteiger partial charge in [-0.1, -0.05) is 25.4 Å². The number of nitrogens with two attached hydrogens (primary N) is 1. The summed E-state index contributed by atoms with van der Waals surface area (Å²) >= 11 is 7.49. The molecule has 0 spiro atoms. The average molecular weight is 219 g/mol. The zero-order chi connectivity index (χ0) is 9.84. The van der Waals surface area contributed by atoms with Gasteiger partial charge in [-0.05, 0) is 6.07 Å². The number of hydrogen-bond acceptors (Lipinski definition) is 3. The maximum Gasteiger partial charge on any atom is 0.0541 e. The SMILES string of the molecule is CC(C)NC(CN)c1cc(Cl)cs1. The molecule has 0 aliphatic heterocycles. The minimum absolute atomic E-state index is 0.234. The fraction of sp³-hybridized carbons (Fsp3) is 0.556. The van der Waals surface area contributed by atoms with Crippen molar-refractivity contribution in [3.8, 4) is 0 Å². The van der Waals surface area contributed by atoms with Crippen molar-refractivity contribution in [3.63, 3.8) is 0 Å². The maximum absolute atomic E-state index is 5.84. The van der Waals surface area contributed by atoms with Gasteiger partial charge in [0.05, 0.1) is 11.1 Å².